The molecule has 1 aliphatic heterocycles. The van der Waals surface area contributed by atoms with Crippen molar-refractivity contribution in [2.45, 2.75) is 45.6 Å². The maximum absolute atomic E-state index is 12.2. The smallest absolute Gasteiger partial charge is 0.326 e. The lowest BCUT2D eigenvalue weighted by atomic mass is 9.85. The summed E-state index contributed by atoms with van der Waals surface area (Å²) in [4.78, 5) is 25.1. The van der Waals surface area contributed by atoms with Crippen molar-refractivity contribution in [2.75, 3.05) is 25.1 Å². The normalized spacial score (nSPS) is 20.1. The van der Waals surface area contributed by atoms with E-state index in [0.717, 1.165) is 25.0 Å². The van der Waals surface area contributed by atoms with Gasteiger partial charge in [-0.1, -0.05) is 13.8 Å². The minimum Gasteiger partial charge on any atom is -0.480 e. The Balaban J connectivity index is 2.53. The molecular weight excluding hydrogens is 276 g/mol. The van der Waals surface area contributed by atoms with E-state index in [1.54, 1.807) is 16.7 Å². The third-order valence-electron chi connectivity index (χ3n) is 3.83. The molecule has 1 heterocycles. The Hall–Kier alpha value is -0.910. The molecule has 1 fully saturated rings. The molecule has 5 nitrogen and oxygen atoms in total. The fourth-order valence-corrected chi connectivity index (χ4v) is 2.83. The number of amides is 2. The number of thioether (sulfide) groups is 1. The number of carbonyl (C=O) groups excluding carboxylic acids is 1. The number of rotatable bonds is 5. The van der Waals surface area contributed by atoms with Crippen molar-refractivity contribution >= 4 is 23.8 Å². The molecule has 6 heteroatoms. The van der Waals surface area contributed by atoms with Gasteiger partial charge in [0.1, 0.15) is 6.04 Å². The number of nitrogens with one attached hydrogen (secondary N) is 1. The number of carboxylic acids is 1. The van der Waals surface area contributed by atoms with Crippen LogP contribution in [0.5, 0.6) is 0 Å². The second-order valence-corrected chi connectivity index (χ2v) is 7.11. The highest BCUT2D eigenvalue weighted by molar-refractivity contribution is 7.98. The van der Waals surface area contributed by atoms with Gasteiger partial charge in [-0.05, 0) is 43.1 Å². The zero-order valence-corrected chi connectivity index (χ0v) is 13.5. The second-order valence-electron chi connectivity index (χ2n) is 6.13. The van der Waals surface area contributed by atoms with Crippen LogP contribution in [0, 0.1) is 5.41 Å². The number of urea groups is 1. The molecule has 0 aliphatic carbocycles. The van der Waals surface area contributed by atoms with Gasteiger partial charge in [0.2, 0.25) is 0 Å². The minimum atomic E-state index is -0.956. The predicted octanol–water partition coefficient (Wildman–Crippen LogP) is 2.41. The molecule has 0 aromatic carbocycles. The molecule has 1 saturated heterocycles. The lowest BCUT2D eigenvalue weighted by Crippen LogP contribution is -2.48. The first-order valence-electron chi connectivity index (χ1n) is 7.13. The Morgan fingerprint density at radius 3 is 2.65 bits per heavy atom. The molecule has 2 N–H and O–H groups in total. The average molecular weight is 302 g/mol. The van der Waals surface area contributed by atoms with Crippen molar-refractivity contribution in [2.24, 2.45) is 5.41 Å². The number of carboxylic acid groups (broad SMARTS) is 1. The molecule has 0 aromatic rings. The van der Waals surface area contributed by atoms with E-state index in [-0.39, 0.29) is 11.4 Å². The van der Waals surface area contributed by atoms with E-state index >= 15 is 0 Å². The number of hydrogen-bond acceptors (Lipinski definition) is 3. The van der Waals surface area contributed by atoms with Gasteiger partial charge in [-0.2, -0.15) is 11.8 Å². The van der Waals surface area contributed by atoms with Crippen LogP contribution in [0.15, 0.2) is 0 Å². The predicted molar refractivity (Wildman–Crippen MR) is 82.2 cm³/mol. The topological polar surface area (TPSA) is 69.6 Å². The van der Waals surface area contributed by atoms with Crippen LogP contribution in [0.25, 0.3) is 0 Å². The number of carbonyl (C=O) groups is 2. The van der Waals surface area contributed by atoms with Crippen molar-refractivity contribution in [1.82, 2.24) is 10.2 Å². The number of hydrogen-bond donors (Lipinski definition) is 2. The fourth-order valence-electron chi connectivity index (χ4n) is 2.36. The van der Waals surface area contributed by atoms with Gasteiger partial charge >= 0.3 is 12.0 Å². The highest BCUT2D eigenvalue weighted by Gasteiger charge is 2.27. The van der Waals surface area contributed by atoms with E-state index in [9.17, 15) is 9.59 Å². The van der Waals surface area contributed by atoms with E-state index in [1.807, 2.05) is 6.26 Å². The lowest BCUT2D eigenvalue weighted by Gasteiger charge is -2.25. The summed E-state index contributed by atoms with van der Waals surface area (Å²) in [6, 6.07) is -1.03. The van der Waals surface area contributed by atoms with Crippen LogP contribution in [0.3, 0.4) is 0 Å². The van der Waals surface area contributed by atoms with E-state index in [1.165, 1.54) is 0 Å². The van der Waals surface area contributed by atoms with Crippen LogP contribution >= 0.6 is 11.8 Å². The van der Waals surface area contributed by atoms with E-state index in [0.29, 0.717) is 19.5 Å². The first-order chi connectivity index (χ1) is 9.35. The maximum atomic E-state index is 12.2. The van der Waals surface area contributed by atoms with Gasteiger partial charge in [0, 0.05) is 13.1 Å². The molecule has 0 spiro atoms. The van der Waals surface area contributed by atoms with E-state index < -0.39 is 12.0 Å². The fraction of sp³-hybridized carbons (Fsp3) is 0.857. The maximum Gasteiger partial charge on any atom is 0.326 e. The van der Waals surface area contributed by atoms with Gasteiger partial charge in [-0.3, -0.25) is 0 Å². The number of likely N-dealkylation sites (tertiary alicyclic amines) is 1. The Bertz CT molecular complexity index is 347. The Morgan fingerprint density at radius 2 is 2.05 bits per heavy atom. The molecule has 1 atom stereocenters. The molecule has 20 heavy (non-hydrogen) atoms. The molecule has 0 bridgehead atoms. The van der Waals surface area contributed by atoms with Gasteiger partial charge in [0.05, 0.1) is 0 Å². The third kappa shape index (κ3) is 5.61. The average Bonchev–Trinajstić information content (AvgIpc) is 2.55. The summed E-state index contributed by atoms with van der Waals surface area (Å²) in [5.74, 6) is -0.230. The summed E-state index contributed by atoms with van der Waals surface area (Å²) >= 11 is 1.58. The van der Waals surface area contributed by atoms with E-state index in [2.05, 4.69) is 19.2 Å². The first kappa shape index (κ1) is 17.1. The van der Waals surface area contributed by atoms with Crippen molar-refractivity contribution < 1.29 is 14.7 Å². The highest BCUT2D eigenvalue weighted by atomic mass is 32.2. The Morgan fingerprint density at radius 1 is 1.35 bits per heavy atom. The van der Waals surface area contributed by atoms with Crippen molar-refractivity contribution in [3.63, 3.8) is 0 Å². The summed E-state index contributed by atoms with van der Waals surface area (Å²) in [6.07, 6.45) is 5.43. The van der Waals surface area contributed by atoms with Gasteiger partial charge in [0.15, 0.2) is 0 Å². The summed E-state index contributed by atoms with van der Waals surface area (Å²) < 4.78 is 0. The van der Waals surface area contributed by atoms with Gasteiger partial charge in [-0.25, -0.2) is 9.59 Å². The van der Waals surface area contributed by atoms with Crippen LogP contribution in [0.1, 0.15) is 39.5 Å². The molecule has 2 amide bonds. The molecule has 0 saturated carbocycles. The molecular formula is C14H26N2O3S. The molecule has 1 rings (SSSR count). The van der Waals surface area contributed by atoms with Gasteiger partial charge in [0.25, 0.3) is 0 Å². The highest BCUT2D eigenvalue weighted by Crippen LogP contribution is 2.29. The number of nitrogens with zero attached hydrogens (tertiary/aromatic N) is 1. The zero-order chi connectivity index (χ0) is 15.2. The summed E-state index contributed by atoms with van der Waals surface area (Å²) in [5, 5.41) is 11.8. The largest absolute Gasteiger partial charge is 0.480 e. The second kappa shape index (κ2) is 7.76. The molecule has 116 valence electrons. The standard InChI is InChI=1S/C14H26N2O3S/c1-14(2)6-4-8-16(9-7-14)13(19)15-11(12(17)18)5-10-20-3/h11H,4-10H2,1-3H3,(H,15,19)(H,17,18). The van der Waals surface area contributed by atoms with Gasteiger partial charge in [-0.15, -0.1) is 0 Å². The molecule has 0 radical (unpaired) electrons. The van der Waals surface area contributed by atoms with Gasteiger partial charge < -0.3 is 15.3 Å². The summed E-state index contributed by atoms with van der Waals surface area (Å²) in [5.41, 5.74) is 0.264. The van der Waals surface area contributed by atoms with Crippen LogP contribution in [0.2, 0.25) is 0 Å². The molecule has 0 aromatic heterocycles. The quantitative estimate of drug-likeness (QED) is 0.818. The van der Waals surface area contributed by atoms with Crippen LogP contribution in [-0.4, -0.2) is 53.1 Å². The van der Waals surface area contributed by atoms with E-state index in [4.69, 9.17) is 5.11 Å². The van der Waals surface area contributed by atoms with Crippen LogP contribution in [0.4, 0.5) is 4.79 Å². The summed E-state index contributed by atoms with van der Waals surface area (Å²) in [7, 11) is 0. The zero-order valence-electron chi connectivity index (χ0n) is 12.6. The SMILES string of the molecule is CSCCC(NC(=O)N1CCCC(C)(C)CC1)C(=O)O. The first-order valence-corrected chi connectivity index (χ1v) is 8.52. The Kier molecular flexibility index (Phi) is 6.65. The lowest BCUT2D eigenvalue weighted by molar-refractivity contribution is -0.139. The van der Waals surface area contributed by atoms with Crippen molar-refractivity contribution in [1.29, 1.82) is 0 Å². The molecule has 1 unspecified atom stereocenters. The van der Waals surface area contributed by atoms with Crippen LogP contribution < -0.4 is 5.32 Å². The van der Waals surface area contributed by atoms with Crippen molar-refractivity contribution in [3.8, 4) is 0 Å². The van der Waals surface area contributed by atoms with Crippen LogP contribution in [-0.2, 0) is 4.79 Å². The summed E-state index contributed by atoms with van der Waals surface area (Å²) in [6.45, 7) is 5.84. The monoisotopic (exact) mass is 302 g/mol. The molecule has 1 aliphatic rings. The third-order valence-corrected chi connectivity index (χ3v) is 4.48. The van der Waals surface area contributed by atoms with Crippen molar-refractivity contribution in [3.05, 3.63) is 0 Å². The Labute approximate surface area is 125 Å². The minimum absolute atomic E-state index is 0.240. The number of aliphatic carboxylic acids is 1.